The molecule has 9 nitrogen and oxygen atoms in total. The van der Waals surface area contributed by atoms with E-state index < -0.39 is 35.0 Å². The quantitative estimate of drug-likeness (QED) is 0.153. The number of carbonyl (C=O) groups excluding carboxylic acids is 4. The zero-order valence-corrected chi connectivity index (χ0v) is 30.1. The third-order valence-electron chi connectivity index (χ3n) is 12.1. The van der Waals surface area contributed by atoms with Crippen molar-refractivity contribution in [2.75, 3.05) is 11.4 Å². The van der Waals surface area contributed by atoms with E-state index in [4.69, 9.17) is 16.7 Å². The lowest BCUT2D eigenvalue weighted by atomic mass is 9.51. The molecule has 1 N–H and O–H groups in total. The summed E-state index contributed by atoms with van der Waals surface area (Å²) in [7, 11) is 1.74. The second-order valence-electron chi connectivity index (χ2n) is 14.5. The fourth-order valence-corrected chi connectivity index (χ4v) is 11.0. The van der Waals surface area contributed by atoms with E-state index in [1.165, 1.54) is 9.80 Å². The van der Waals surface area contributed by atoms with Crippen molar-refractivity contribution in [2.45, 2.75) is 39.5 Å². The minimum Gasteiger partial charge on any atom is -0.507 e. The number of aryl methyl sites for hydroxylation is 2. The summed E-state index contributed by atoms with van der Waals surface area (Å²) in [5, 5.41) is 18.8. The number of carbonyl (C=O) groups is 4. The average Bonchev–Trinajstić information content (AvgIpc) is 3.79. The monoisotopic (exact) mass is 718 g/mol. The minimum absolute atomic E-state index is 0.118. The molecule has 4 heterocycles. The van der Waals surface area contributed by atoms with Gasteiger partial charge in [-0.1, -0.05) is 53.6 Å². The van der Waals surface area contributed by atoms with Gasteiger partial charge in [-0.15, -0.1) is 11.3 Å². The lowest BCUT2D eigenvalue weighted by molar-refractivity contribution is -0.140. The van der Waals surface area contributed by atoms with Gasteiger partial charge in [0.15, 0.2) is 0 Å². The molecule has 3 aromatic carbocycles. The van der Waals surface area contributed by atoms with Crippen LogP contribution in [-0.2, 0) is 26.2 Å². The van der Waals surface area contributed by atoms with E-state index in [-0.39, 0.29) is 35.8 Å². The molecule has 2 saturated heterocycles. The third kappa shape index (κ3) is 4.23. The highest BCUT2D eigenvalue weighted by Gasteiger charge is 2.68. The van der Waals surface area contributed by atoms with Crippen LogP contribution >= 0.6 is 22.9 Å². The van der Waals surface area contributed by atoms with E-state index in [1.807, 2.05) is 62.4 Å². The predicted octanol–water partition coefficient (Wildman–Crippen LogP) is 7.37. The number of likely N-dealkylation sites (tertiary alicyclic amines) is 1. The summed E-state index contributed by atoms with van der Waals surface area (Å²) in [5.74, 6) is -3.40. The number of rotatable bonds is 4. The van der Waals surface area contributed by atoms with E-state index in [1.54, 1.807) is 42.1 Å². The van der Waals surface area contributed by atoms with Crippen LogP contribution in [0.3, 0.4) is 0 Å². The molecule has 0 spiro atoms. The Hall–Kier alpha value is -4.80. The smallest absolute Gasteiger partial charge is 0.242 e. The molecule has 1 saturated carbocycles. The van der Waals surface area contributed by atoms with E-state index in [9.17, 15) is 19.5 Å². The second-order valence-corrected chi connectivity index (χ2v) is 16.0. The predicted molar refractivity (Wildman–Crippen MR) is 196 cm³/mol. The van der Waals surface area contributed by atoms with Crippen LogP contribution in [0.15, 0.2) is 72.3 Å². The maximum absolute atomic E-state index is 15.2. The van der Waals surface area contributed by atoms with Crippen LogP contribution in [0.5, 0.6) is 5.75 Å². The second kappa shape index (κ2) is 11.1. The first-order valence-electron chi connectivity index (χ1n) is 17.3. The molecular formula is C40H35ClN4O5S. The molecule has 4 amide bonds. The number of hydrogen-bond acceptors (Lipinski definition) is 7. The van der Waals surface area contributed by atoms with Crippen LogP contribution in [0.1, 0.15) is 43.7 Å². The summed E-state index contributed by atoms with van der Waals surface area (Å²) in [6.45, 7) is 5.99. The maximum Gasteiger partial charge on any atom is 0.242 e. The molecule has 2 aliphatic carbocycles. The molecule has 11 heteroatoms. The van der Waals surface area contributed by atoms with E-state index >= 15 is 4.79 Å². The van der Waals surface area contributed by atoms with Gasteiger partial charge in [0.1, 0.15) is 17.3 Å². The number of aromatic hydroxyl groups is 1. The number of imide groups is 2. The molecule has 2 aliphatic heterocycles. The zero-order valence-electron chi connectivity index (χ0n) is 28.5. The molecule has 6 atom stereocenters. The van der Waals surface area contributed by atoms with Crippen molar-refractivity contribution in [2.24, 2.45) is 36.1 Å². The Morgan fingerprint density at radius 2 is 1.73 bits per heavy atom. The number of nitrogens with zero attached hydrogens (tertiary/aromatic N) is 4. The van der Waals surface area contributed by atoms with E-state index in [0.717, 1.165) is 37.0 Å². The Morgan fingerprint density at radius 3 is 2.49 bits per heavy atom. The Morgan fingerprint density at radius 1 is 0.961 bits per heavy atom. The highest BCUT2D eigenvalue weighted by atomic mass is 35.5. The van der Waals surface area contributed by atoms with Gasteiger partial charge in [0.05, 0.1) is 28.0 Å². The lowest BCUT2D eigenvalue weighted by Gasteiger charge is -2.49. The summed E-state index contributed by atoms with van der Waals surface area (Å²) in [5.41, 5.74) is 2.17. The summed E-state index contributed by atoms with van der Waals surface area (Å²) in [4.78, 5) is 60.9. The number of allylic oxidation sites excluding steroid dienone is 2. The standard InChI is InChI=1S/C40H35ClN4O5S/c1-5-44-36(47)25-12-11-24-27(33(25)38(44)49)17-28-37(48)45(32-18-29(42-43(32)4)35-19(2)26-16-20(41)10-15-31(26)51-35)39(50)40(28,3)34(24)23-13-14-30(46)22-9-7-6-8-21(22)23/h6-11,13-16,18,25,27-28,33-34,46H,5,12,17H2,1-4H3. The van der Waals surface area contributed by atoms with Crippen LogP contribution in [0.25, 0.3) is 31.4 Å². The van der Waals surface area contributed by atoms with Gasteiger partial charge in [0.2, 0.25) is 23.6 Å². The third-order valence-corrected chi connectivity index (χ3v) is 13.7. The van der Waals surface area contributed by atoms with Crippen molar-refractivity contribution in [1.29, 1.82) is 0 Å². The maximum atomic E-state index is 15.2. The largest absolute Gasteiger partial charge is 0.507 e. The van der Waals surface area contributed by atoms with Crippen molar-refractivity contribution in [1.82, 2.24) is 14.7 Å². The van der Waals surface area contributed by atoms with Gasteiger partial charge < -0.3 is 5.11 Å². The number of phenols is 1. The Balaban J connectivity index is 1.21. The number of benzene rings is 3. The van der Waals surface area contributed by atoms with Crippen LogP contribution < -0.4 is 4.90 Å². The van der Waals surface area contributed by atoms with Crippen LogP contribution in [0.2, 0.25) is 5.02 Å². The molecule has 2 aromatic heterocycles. The van der Waals surface area contributed by atoms with Crippen molar-refractivity contribution in [3.8, 4) is 16.3 Å². The molecule has 4 aliphatic rings. The average molecular weight is 719 g/mol. The number of hydrogen-bond donors (Lipinski definition) is 1. The highest BCUT2D eigenvalue weighted by molar-refractivity contribution is 7.22. The van der Waals surface area contributed by atoms with Gasteiger partial charge in [0.25, 0.3) is 0 Å². The fraction of sp³-hybridized carbons (Fsp3) is 0.325. The normalized spacial score (nSPS) is 27.4. The Labute approximate surface area is 303 Å². The SMILES string of the molecule is CCN1C(=O)C2CC=C3C(CC4C(=O)N(c5cc(-c6sc7ccc(Cl)cc7c6C)nn5C)C(=O)C4(C)C3c3ccc(O)c4ccccc34)C2C1=O. The number of anilines is 1. The van der Waals surface area contributed by atoms with Gasteiger partial charge in [-0.25, -0.2) is 4.90 Å². The molecule has 0 bridgehead atoms. The highest BCUT2D eigenvalue weighted by Crippen LogP contribution is 2.64. The van der Waals surface area contributed by atoms with Gasteiger partial charge in [-0.3, -0.25) is 28.8 Å². The zero-order chi connectivity index (χ0) is 35.7. The van der Waals surface area contributed by atoms with Crippen molar-refractivity contribution in [3.05, 3.63) is 88.5 Å². The van der Waals surface area contributed by atoms with Crippen molar-refractivity contribution in [3.63, 3.8) is 0 Å². The minimum atomic E-state index is -1.23. The number of amides is 4. The molecule has 5 aromatic rings. The summed E-state index contributed by atoms with van der Waals surface area (Å²) < 4.78 is 2.65. The molecule has 6 unspecified atom stereocenters. The first-order chi connectivity index (χ1) is 24.4. The van der Waals surface area contributed by atoms with Gasteiger partial charge in [-0.2, -0.15) is 5.10 Å². The number of aromatic nitrogens is 2. The summed E-state index contributed by atoms with van der Waals surface area (Å²) in [6, 6.07) is 18.6. The number of phenolic OH excluding ortho intramolecular Hbond substituents is 1. The first-order valence-corrected chi connectivity index (χ1v) is 18.5. The van der Waals surface area contributed by atoms with Gasteiger partial charge in [0, 0.05) is 40.7 Å². The topological polar surface area (TPSA) is 113 Å². The molecular weight excluding hydrogens is 684 g/mol. The summed E-state index contributed by atoms with van der Waals surface area (Å²) in [6.07, 6.45) is 2.72. The summed E-state index contributed by atoms with van der Waals surface area (Å²) >= 11 is 7.90. The first kappa shape index (κ1) is 32.1. The fourth-order valence-electron chi connectivity index (χ4n) is 9.73. The number of fused-ring (bicyclic) bond motifs is 6. The van der Waals surface area contributed by atoms with Crippen LogP contribution in [0.4, 0.5) is 5.82 Å². The van der Waals surface area contributed by atoms with Crippen molar-refractivity contribution >= 4 is 73.2 Å². The van der Waals surface area contributed by atoms with Crippen molar-refractivity contribution < 1.29 is 24.3 Å². The van der Waals surface area contributed by atoms with E-state index in [2.05, 4.69) is 6.08 Å². The van der Waals surface area contributed by atoms with Crippen LogP contribution in [0, 0.1) is 36.0 Å². The Kier molecular flexibility index (Phi) is 6.99. The van der Waals surface area contributed by atoms with Gasteiger partial charge in [-0.05, 0) is 85.7 Å². The lowest BCUT2D eigenvalue weighted by Crippen LogP contribution is -2.49. The molecule has 9 rings (SSSR count). The molecule has 3 fully saturated rings. The van der Waals surface area contributed by atoms with Crippen LogP contribution in [-0.4, -0.2) is 50.0 Å². The Bertz CT molecular complexity index is 2430. The number of thiophene rings is 1. The number of halogens is 1. The van der Waals surface area contributed by atoms with Gasteiger partial charge >= 0.3 is 0 Å². The van der Waals surface area contributed by atoms with E-state index in [0.29, 0.717) is 34.9 Å². The molecule has 258 valence electrons. The molecule has 51 heavy (non-hydrogen) atoms. The molecule has 0 radical (unpaired) electrons.